The number of aromatic nitrogens is 2. The second-order valence-electron chi connectivity index (χ2n) is 12.3. The summed E-state index contributed by atoms with van der Waals surface area (Å²) < 4.78 is 116. The van der Waals surface area contributed by atoms with Gasteiger partial charge >= 0.3 is 12.4 Å². The molecule has 2 fully saturated rings. The highest BCUT2D eigenvalue weighted by molar-refractivity contribution is 7.91. The van der Waals surface area contributed by atoms with Crippen LogP contribution in [-0.4, -0.2) is 84.8 Å². The molecule has 0 bridgehead atoms. The van der Waals surface area contributed by atoms with Crippen LogP contribution in [0, 0.1) is 5.92 Å². The van der Waals surface area contributed by atoms with Crippen LogP contribution in [0.2, 0.25) is 0 Å². The predicted octanol–water partition coefficient (Wildman–Crippen LogP) is 6.72. The Morgan fingerprint density at radius 2 is 1.43 bits per heavy atom. The van der Waals surface area contributed by atoms with Crippen LogP contribution in [0.1, 0.15) is 36.0 Å². The van der Waals surface area contributed by atoms with Gasteiger partial charge < -0.3 is 14.7 Å². The van der Waals surface area contributed by atoms with Gasteiger partial charge in [0.25, 0.3) is 15.6 Å². The van der Waals surface area contributed by atoms with Crippen molar-refractivity contribution in [3.8, 4) is 0 Å². The Balaban J connectivity index is 1.27. The van der Waals surface area contributed by atoms with Gasteiger partial charge in [0.1, 0.15) is 9.21 Å². The van der Waals surface area contributed by atoms with E-state index >= 15 is 0 Å². The van der Waals surface area contributed by atoms with Gasteiger partial charge in [-0.3, -0.25) is 0 Å². The Hall–Kier alpha value is -3.90. The first-order valence-corrected chi connectivity index (χ1v) is 18.3. The van der Waals surface area contributed by atoms with Crippen molar-refractivity contribution in [2.24, 2.45) is 10.9 Å². The molecule has 2 aromatic carbocycles. The van der Waals surface area contributed by atoms with E-state index in [1.165, 1.54) is 10.4 Å². The summed E-state index contributed by atoms with van der Waals surface area (Å²) in [5.74, 6) is -0.0625. The van der Waals surface area contributed by atoms with E-state index in [0.717, 1.165) is 22.5 Å². The number of alkyl halides is 6. The minimum Gasteiger partial charge on any atom is -0.381 e. The van der Waals surface area contributed by atoms with E-state index in [2.05, 4.69) is 9.97 Å². The molecule has 1 atom stereocenters. The second-order valence-corrected chi connectivity index (χ2v) is 15.5. The number of thiophene rings is 1. The fourth-order valence-corrected chi connectivity index (χ4v) is 9.05. The lowest BCUT2D eigenvalue weighted by Gasteiger charge is -2.42. The highest BCUT2D eigenvalue weighted by Gasteiger charge is 2.71. The van der Waals surface area contributed by atoms with Crippen LogP contribution in [0.3, 0.4) is 0 Å². The molecular formula is C34H33F6N5O4S2. The van der Waals surface area contributed by atoms with Crippen molar-refractivity contribution in [1.29, 1.82) is 0 Å². The quantitative estimate of drug-likeness (QED) is 0.150. The lowest BCUT2D eigenvalue weighted by atomic mass is 9.91. The number of anilines is 1. The van der Waals surface area contributed by atoms with Crippen molar-refractivity contribution >= 4 is 38.0 Å². The molecule has 1 N–H and O–H groups in total. The second kappa shape index (κ2) is 14.6. The molecule has 2 aliphatic rings. The number of rotatable bonds is 9. The van der Waals surface area contributed by atoms with Gasteiger partial charge in [0.2, 0.25) is 5.95 Å². The van der Waals surface area contributed by atoms with Crippen molar-refractivity contribution in [2.45, 2.75) is 47.5 Å². The Labute approximate surface area is 294 Å². The summed E-state index contributed by atoms with van der Waals surface area (Å²) in [5, 5.41) is 10.3. The molecule has 0 aliphatic carbocycles. The first-order chi connectivity index (χ1) is 24.2. The molecular weight excluding hydrogens is 721 g/mol. The topological polar surface area (TPSA) is 108 Å². The monoisotopic (exact) mass is 753 g/mol. The van der Waals surface area contributed by atoms with Crippen molar-refractivity contribution in [3.63, 3.8) is 0 Å². The highest BCUT2D eigenvalue weighted by Crippen LogP contribution is 2.49. The number of benzene rings is 2. The first-order valence-electron chi connectivity index (χ1n) is 16.0. The fourth-order valence-electron chi connectivity index (χ4n) is 6.26. The summed E-state index contributed by atoms with van der Waals surface area (Å²) in [6.45, 7) is 0.936. The average molecular weight is 754 g/mol. The number of aliphatic imine (C=N–C) groups is 1. The summed E-state index contributed by atoms with van der Waals surface area (Å²) in [7, 11) is -4.04. The van der Waals surface area contributed by atoms with Crippen LogP contribution < -0.4 is 4.90 Å². The van der Waals surface area contributed by atoms with E-state index in [4.69, 9.17) is 9.73 Å². The van der Waals surface area contributed by atoms with Crippen LogP contribution in [0.25, 0.3) is 0 Å². The summed E-state index contributed by atoms with van der Waals surface area (Å²) in [6.07, 6.45) is -9.71. The zero-order chi connectivity index (χ0) is 36.4. The van der Waals surface area contributed by atoms with E-state index in [9.17, 15) is 39.9 Å². The van der Waals surface area contributed by atoms with Gasteiger partial charge in [-0.2, -0.15) is 30.6 Å². The predicted molar refractivity (Wildman–Crippen MR) is 179 cm³/mol. The molecule has 0 unspecified atom stereocenters. The molecule has 2 saturated heterocycles. The normalized spacial score (nSPS) is 18.5. The molecule has 0 saturated carbocycles. The van der Waals surface area contributed by atoms with Crippen LogP contribution >= 0.6 is 11.3 Å². The number of aliphatic hydroxyl groups is 1. The third kappa shape index (κ3) is 7.67. The maximum absolute atomic E-state index is 14.0. The van der Waals surface area contributed by atoms with Gasteiger partial charge in [-0.05, 0) is 37.3 Å². The molecule has 6 rings (SSSR count). The number of ether oxygens (including phenoxy) is 1. The van der Waals surface area contributed by atoms with Crippen LogP contribution in [0.15, 0.2) is 94.4 Å². The van der Waals surface area contributed by atoms with E-state index in [1.54, 1.807) is 11.0 Å². The molecule has 272 valence electrons. The van der Waals surface area contributed by atoms with E-state index in [-0.39, 0.29) is 35.7 Å². The zero-order valence-electron chi connectivity index (χ0n) is 26.9. The molecule has 2 aliphatic heterocycles. The Kier molecular flexibility index (Phi) is 10.6. The van der Waals surface area contributed by atoms with Crippen LogP contribution in [-0.2, 0) is 20.4 Å². The van der Waals surface area contributed by atoms with Crippen LogP contribution in [0.5, 0.6) is 0 Å². The van der Waals surface area contributed by atoms with Crippen molar-refractivity contribution in [1.82, 2.24) is 14.3 Å². The summed E-state index contributed by atoms with van der Waals surface area (Å²) in [4.78, 5) is 14.1. The largest absolute Gasteiger partial charge is 0.430 e. The molecule has 2 aromatic heterocycles. The molecule has 0 radical (unpaired) electrons. The first kappa shape index (κ1) is 36.9. The minimum atomic E-state index is -6.08. The fraction of sp³-hybridized carbons (Fsp3) is 0.382. The molecule has 0 amide bonds. The molecule has 4 aromatic rings. The van der Waals surface area contributed by atoms with Gasteiger partial charge in [-0.1, -0.05) is 60.7 Å². The van der Waals surface area contributed by atoms with Gasteiger partial charge in [-0.25, -0.2) is 23.4 Å². The zero-order valence-corrected chi connectivity index (χ0v) is 28.5. The van der Waals surface area contributed by atoms with Crippen molar-refractivity contribution in [3.05, 3.63) is 102 Å². The lowest BCUT2D eigenvalue weighted by Crippen LogP contribution is -2.56. The van der Waals surface area contributed by atoms with E-state index in [1.807, 2.05) is 60.7 Å². The van der Waals surface area contributed by atoms with E-state index < -0.39 is 39.6 Å². The Morgan fingerprint density at radius 1 is 0.863 bits per heavy atom. The molecule has 51 heavy (non-hydrogen) atoms. The number of nitrogens with zero attached hydrogens (tertiary/aromatic N) is 5. The van der Waals surface area contributed by atoms with Gasteiger partial charge in [0.05, 0.1) is 5.71 Å². The van der Waals surface area contributed by atoms with Gasteiger partial charge in [0.15, 0.2) is 0 Å². The maximum atomic E-state index is 14.0. The summed E-state index contributed by atoms with van der Waals surface area (Å²) in [5.41, 5.74) is -4.37. The number of sulfonamides is 1. The molecule has 0 spiro atoms. The average Bonchev–Trinajstić information content (AvgIpc) is 3.60. The summed E-state index contributed by atoms with van der Waals surface area (Å²) >= 11 is 1.01. The number of halogens is 6. The molecule has 17 heteroatoms. The molecule has 4 heterocycles. The molecule has 9 nitrogen and oxygen atoms in total. The van der Waals surface area contributed by atoms with Crippen LogP contribution in [0.4, 0.5) is 37.3 Å². The van der Waals surface area contributed by atoms with Crippen molar-refractivity contribution < 1.29 is 44.6 Å². The lowest BCUT2D eigenvalue weighted by molar-refractivity contribution is -0.376. The number of piperazine rings is 1. The van der Waals surface area contributed by atoms with E-state index in [0.29, 0.717) is 55.6 Å². The Morgan fingerprint density at radius 3 is 1.98 bits per heavy atom. The van der Waals surface area contributed by atoms with Gasteiger partial charge in [-0.15, -0.1) is 11.3 Å². The summed E-state index contributed by atoms with van der Waals surface area (Å²) in [6, 6.07) is 21.6. The van der Waals surface area contributed by atoms with Crippen molar-refractivity contribution in [2.75, 3.05) is 37.7 Å². The maximum Gasteiger partial charge on any atom is 0.430 e. The number of hydrogen-bond donors (Lipinski definition) is 1. The Bertz CT molecular complexity index is 1860. The third-order valence-corrected chi connectivity index (χ3v) is 12.3. The standard InChI is InChI=1S/C34H33F6N5O4S2/c35-33(36,37)32(46,34(38,39)40)26-20-41-31(42-21-26)45-16-15-44(22-27(45)19-23-13-17-49-18-14-23)51(47,48)29-12-11-28(50-29)43-30(24-7-3-1-4-8-24)25-9-5-2-6-10-25/h1-12,20-21,23,27,46H,13-19,22H2/t27-/m0/s1. The third-order valence-electron chi connectivity index (χ3n) is 9.00. The van der Waals surface area contributed by atoms with Gasteiger partial charge in [0, 0.05) is 68.0 Å². The minimum absolute atomic E-state index is 0.0117. The number of hydrogen-bond acceptors (Lipinski definition) is 9. The SMILES string of the molecule is O=S(=O)(c1ccc(N=C(c2ccccc2)c2ccccc2)s1)N1CCN(c2ncc(C(O)(C(F)(F)F)C(F)(F)F)cn2)[C@@H](CC2CCOCC2)C1. The smallest absolute Gasteiger partial charge is 0.381 e. The highest BCUT2D eigenvalue weighted by atomic mass is 32.2.